The molecule has 3 heterocycles. The number of pyridine rings is 2. The average Bonchev–Trinajstić information content (AvgIpc) is 2.97. The summed E-state index contributed by atoms with van der Waals surface area (Å²) < 4.78 is 30.7. The predicted molar refractivity (Wildman–Crippen MR) is 118 cm³/mol. The van der Waals surface area contributed by atoms with E-state index in [0.29, 0.717) is 39.3 Å². The lowest BCUT2D eigenvalue weighted by Crippen LogP contribution is -2.28. The van der Waals surface area contributed by atoms with Gasteiger partial charge in [-0.1, -0.05) is 0 Å². The van der Waals surface area contributed by atoms with Crippen LogP contribution in [0.1, 0.15) is 40.3 Å². The number of aryl methyl sites for hydroxylation is 1. The minimum atomic E-state index is -3.23. The van der Waals surface area contributed by atoms with Gasteiger partial charge in [0.2, 0.25) is 0 Å². The highest BCUT2D eigenvalue weighted by Crippen LogP contribution is 2.28. The first kappa shape index (κ1) is 22.5. The molecule has 31 heavy (non-hydrogen) atoms. The van der Waals surface area contributed by atoms with Crippen LogP contribution in [0.25, 0.3) is 11.0 Å². The van der Waals surface area contributed by atoms with Gasteiger partial charge in [0.1, 0.15) is 21.2 Å². The summed E-state index contributed by atoms with van der Waals surface area (Å²) in [6, 6.07) is 4.77. The molecule has 10 heteroatoms. The van der Waals surface area contributed by atoms with Crippen LogP contribution in [0.2, 0.25) is 0 Å². The van der Waals surface area contributed by atoms with Crippen LogP contribution in [0.5, 0.6) is 5.75 Å². The fourth-order valence-corrected chi connectivity index (χ4v) is 4.92. The monoisotopic (exact) mass is 446 g/mol. The minimum absolute atomic E-state index is 0.0249. The number of methoxy groups -OCH3 is 1. The normalized spacial score (nSPS) is 12.7. The van der Waals surface area contributed by atoms with Gasteiger partial charge in [0.05, 0.1) is 30.5 Å². The molecule has 0 bridgehead atoms. The Morgan fingerprint density at radius 2 is 2.06 bits per heavy atom. The van der Waals surface area contributed by atoms with Crippen molar-refractivity contribution in [3.05, 3.63) is 57.3 Å². The number of amides is 1. The van der Waals surface area contributed by atoms with Crippen molar-refractivity contribution in [3.8, 4) is 5.75 Å². The number of rotatable bonds is 7. The molecule has 9 nitrogen and oxygen atoms in total. The quantitative estimate of drug-likeness (QED) is 0.571. The van der Waals surface area contributed by atoms with E-state index >= 15 is 0 Å². The van der Waals surface area contributed by atoms with Gasteiger partial charge in [0, 0.05) is 35.3 Å². The first-order valence-electron chi connectivity index (χ1n) is 9.71. The second kappa shape index (κ2) is 8.54. The number of carbonyl (C=O) groups excluding carboxylic acids is 1. The Bertz CT molecular complexity index is 1310. The molecule has 1 amide bonds. The molecular formula is C21H26N4O5S. The SMILES string of the molecule is COc1cc(C)[nH]c(=O)c1CNC(=O)c1c(C)n(C(C)CS(C)(=O)=O)c2ncccc12. The second-order valence-electron chi connectivity index (χ2n) is 7.66. The molecule has 0 fully saturated rings. The highest BCUT2D eigenvalue weighted by molar-refractivity contribution is 7.90. The summed E-state index contributed by atoms with van der Waals surface area (Å²) in [6.45, 7) is 5.26. The Morgan fingerprint density at radius 3 is 2.71 bits per heavy atom. The van der Waals surface area contributed by atoms with Gasteiger partial charge in [-0.2, -0.15) is 0 Å². The fraction of sp³-hybridized carbons (Fsp3) is 0.381. The lowest BCUT2D eigenvalue weighted by atomic mass is 10.1. The Hall–Kier alpha value is -3.14. The summed E-state index contributed by atoms with van der Waals surface area (Å²) in [7, 11) is -1.77. The van der Waals surface area contributed by atoms with Gasteiger partial charge < -0.3 is 19.6 Å². The molecule has 0 aliphatic rings. The number of aromatic amines is 1. The van der Waals surface area contributed by atoms with E-state index in [4.69, 9.17) is 4.74 Å². The van der Waals surface area contributed by atoms with E-state index in [-0.39, 0.29) is 23.8 Å². The highest BCUT2D eigenvalue weighted by Gasteiger charge is 2.25. The van der Waals surface area contributed by atoms with Crippen molar-refractivity contribution in [2.45, 2.75) is 33.4 Å². The minimum Gasteiger partial charge on any atom is -0.496 e. The smallest absolute Gasteiger partial charge is 0.256 e. The zero-order valence-electron chi connectivity index (χ0n) is 18.1. The van der Waals surface area contributed by atoms with Crippen LogP contribution in [0.15, 0.2) is 29.2 Å². The standard InChI is InChI=1S/C21H26N4O5S/c1-12-9-17(30-4)16(20(26)24-12)10-23-21(27)18-14(3)25(13(2)11-31(5,28)29)19-15(18)7-6-8-22-19/h6-9,13H,10-11H2,1-5H3,(H,23,27)(H,24,26). The van der Waals surface area contributed by atoms with Crippen molar-refractivity contribution in [1.29, 1.82) is 0 Å². The van der Waals surface area contributed by atoms with E-state index in [1.807, 2.05) is 0 Å². The second-order valence-corrected chi connectivity index (χ2v) is 9.84. The van der Waals surface area contributed by atoms with Crippen molar-refractivity contribution in [3.63, 3.8) is 0 Å². The van der Waals surface area contributed by atoms with Gasteiger partial charge in [-0.3, -0.25) is 9.59 Å². The van der Waals surface area contributed by atoms with Crippen LogP contribution in [-0.2, 0) is 16.4 Å². The number of aromatic nitrogens is 3. The van der Waals surface area contributed by atoms with Crippen LogP contribution in [0.3, 0.4) is 0 Å². The summed E-state index contributed by atoms with van der Waals surface area (Å²) in [4.78, 5) is 32.5. The molecule has 166 valence electrons. The largest absolute Gasteiger partial charge is 0.496 e. The van der Waals surface area contributed by atoms with Gasteiger partial charge in [-0.15, -0.1) is 0 Å². The van der Waals surface area contributed by atoms with E-state index in [1.54, 1.807) is 49.7 Å². The van der Waals surface area contributed by atoms with E-state index in [1.165, 1.54) is 13.4 Å². The molecule has 1 unspecified atom stereocenters. The van der Waals surface area contributed by atoms with Crippen LogP contribution in [-0.4, -0.2) is 48.0 Å². The van der Waals surface area contributed by atoms with Crippen molar-refractivity contribution in [2.75, 3.05) is 19.1 Å². The summed E-state index contributed by atoms with van der Waals surface area (Å²) in [5.74, 6) is -0.0717. The maximum atomic E-state index is 13.1. The number of nitrogens with zero attached hydrogens (tertiary/aromatic N) is 2. The predicted octanol–water partition coefficient (Wildman–Crippen LogP) is 1.89. The Balaban J connectivity index is 1.99. The van der Waals surface area contributed by atoms with E-state index in [2.05, 4.69) is 15.3 Å². The van der Waals surface area contributed by atoms with Crippen molar-refractivity contribution in [2.24, 2.45) is 0 Å². The number of fused-ring (bicyclic) bond motifs is 1. The lowest BCUT2D eigenvalue weighted by Gasteiger charge is -2.16. The van der Waals surface area contributed by atoms with Gasteiger partial charge in [-0.05, 0) is 39.0 Å². The van der Waals surface area contributed by atoms with Crippen LogP contribution >= 0.6 is 0 Å². The Morgan fingerprint density at radius 1 is 1.35 bits per heavy atom. The molecule has 0 aliphatic carbocycles. The Kier molecular flexibility index (Phi) is 6.21. The van der Waals surface area contributed by atoms with Crippen molar-refractivity contribution >= 4 is 26.8 Å². The third-order valence-corrected chi connectivity index (χ3v) is 6.18. The number of hydrogen-bond acceptors (Lipinski definition) is 6. The van der Waals surface area contributed by atoms with E-state index in [9.17, 15) is 18.0 Å². The van der Waals surface area contributed by atoms with Gasteiger partial charge in [0.25, 0.3) is 11.5 Å². The molecule has 3 aromatic heterocycles. The molecule has 0 saturated heterocycles. The van der Waals surface area contributed by atoms with E-state index in [0.717, 1.165) is 0 Å². The third-order valence-electron chi connectivity index (χ3n) is 5.09. The Labute approximate surface area is 180 Å². The molecule has 0 radical (unpaired) electrons. The molecule has 0 saturated carbocycles. The first-order chi connectivity index (χ1) is 14.5. The van der Waals surface area contributed by atoms with Gasteiger partial charge in [-0.25, -0.2) is 13.4 Å². The number of hydrogen-bond donors (Lipinski definition) is 2. The van der Waals surface area contributed by atoms with Crippen LogP contribution in [0.4, 0.5) is 0 Å². The van der Waals surface area contributed by atoms with Crippen LogP contribution < -0.4 is 15.6 Å². The maximum absolute atomic E-state index is 13.1. The highest BCUT2D eigenvalue weighted by atomic mass is 32.2. The van der Waals surface area contributed by atoms with Crippen molar-refractivity contribution < 1.29 is 17.9 Å². The number of ether oxygens (including phenoxy) is 1. The summed E-state index contributed by atoms with van der Waals surface area (Å²) >= 11 is 0. The van der Waals surface area contributed by atoms with Gasteiger partial charge >= 0.3 is 0 Å². The molecular weight excluding hydrogens is 420 g/mol. The average molecular weight is 447 g/mol. The van der Waals surface area contributed by atoms with Crippen LogP contribution in [0, 0.1) is 13.8 Å². The zero-order valence-corrected chi connectivity index (χ0v) is 19.0. The zero-order chi connectivity index (χ0) is 22.9. The number of carbonyl (C=O) groups is 1. The summed E-state index contributed by atoms with van der Waals surface area (Å²) in [5.41, 5.74) is 2.16. The molecule has 0 spiro atoms. The fourth-order valence-electron chi connectivity index (χ4n) is 3.89. The number of nitrogens with one attached hydrogen (secondary N) is 2. The first-order valence-corrected chi connectivity index (χ1v) is 11.8. The van der Waals surface area contributed by atoms with E-state index < -0.39 is 15.9 Å². The number of sulfone groups is 1. The molecule has 3 aromatic rings. The molecule has 1 atom stereocenters. The lowest BCUT2D eigenvalue weighted by molar-refractivity contribution is 0.0951. The maximum Gasteiger partial charge on any atom is 0.256 e. The molecule has 0 aliphatic heterocycles. The third kappa shape index (κ3) is 4.63. The topological polar surface area (TPSA) is 123 Å². The van der Waals surface area contributed by atoms with Gasteiger partial charge in [0.15, 0.2) is 0 Å². The summed E-state index contributed by atoms with van der Waals surface area (Å²) in [6.07, 6.45) is 2.78. The summed E-state index contributed by atoms with van der Waals surface area (Å²) in [5, 5.41) is 3.40. The van der Waals surface area contributed by atoms with Crippen molar-refractivity contribution in [1.82, 2.24) is 19.9 Å². The molecule has 0 aromatic carbocycles. The number of H-pyrrole nitrogens is 1. The molecule has 2 N–H and O–H groups in total. The molecule has 3 rings (SSSR count).